The van der Waals surface area contributed by atoms with Gasteiger partial charge < -0.3 is 11.1 Å². The van der Waals surface area contributed by atoms with Gasteiger partial charge in [0.1, 0.15) is 6.04 Å². The summed E-state index contributed by atoms with van der Waals surface area (Å²) >= 11 is 0. The number of hydrogen-bond acceptors (Lipinski definition) is 2. The number of nitrogens with one attached hydrogen (secondary N) is 1. The van der Waals surface area contributed by atoms with Crippen LogP contribution in [0, 0.1) is 5.41 Å². The van der Waals surface area contributed by atoms with Crippen LogP contribution in [0.1, 0.15) is 6.42 Å². The molecule has 0 aromatic rings. The molecule has 0 saturated heterocycles. The molecule has 3 N–H and O–H groups in total. The molecule has 0 radical (unpaired) electrons. The van der Waals surface area contributed by atoms with Gasteiger partial charge in [0.2, 0.25) is 0 Å². The van der Waals surface area contributed by atoms with Crippen molar-refractivity contribution in [1.82, 2.24) is 0 Å². The van der Waals surface area contributed by atoms with Gasteiger partial charge in [-0.05, 0) is 6.21 Å². The molecule has 0 aromatic carbocycles. The first-order valence-corrected chi connectivity index (χ1v) is 2.29. The quantitative estimate of drug-likeness (QED) is 0.550. The number of halogens is 3. The predicted octanol–water partition coefficient (Wildman–Crippen LogP) is 0.916. The van der Waals surface area contributed by atoms with E-state index in [0.29, 0.717) is 6.21 Å². The zero-order valence-electron chi connectivity index (χ0n) is 4.57. The molecule has 1 atom stereocenters. The van der Waals surface area contributed by atoms with E-state index in [4.69, 9.17) is 5.41 Å². The van der Waals surface area contributed by atoms with Crippen molar-refractivity contribution in [1.29, 1.82) is 5.41 Å². The fourth-order valence-corrected chi connectivity index (χ4v) is 0.261. The van der Waals surface area contributed by atoms with Crippen molar-refractivity contribution in [2.75, 3.05) is 0 Å². The van der Waals surface area contributed by atoms with Crippen LogP contribution in [-0.4, -0.2) is 18.4 Å². The largest absolute Gasteiger partial charge is 0.403 e. The van der Waals surface area contributed by atoms with Crippen molar-refractivity contribution in [3.8, 4) is 0 Å². The lowest BCUT2D eigenvalue weighted by atomic mass is 10.2. The molecular weight excluding hydrogens is 133 g/mol. The van der Waals surface area contributed by atoms with Crippen LogP contribution in [0.4, 0.5) is 13.2 Å². The smallest absolute Gasteiger partial charge is 0.320 e. The van der Waals surface area contributed by atoms with Crippen LogP contribution in [0.25, 0.3) is 0 Å². The summed E-state index contributed by atoms with van der Waals surface area (Å²) in [5.41, 5.74) is 4.58. The van der Waals surface area contributed by atoms with Gasteiger partial charge in [0.15, 0.2) is 0 Å². The van der Waals surface area contributed by atoms with Gasteiger partial charge in [-0.1, -0.05) is 0 Å². The summed E-state index contributed by atoms with van der Waals surface area (Å²) in [7, 11) is 0. The zero-order chi connectivity index (χ0) is 7.49. The van der Waals surface area contributed by atoms with Gasteiger partial charge in [-0.25, -0.2) is 0 Å². The second-order valence-electron chi connectivity index (χ2n) is 1.59. The van der Waals surface area contributed by atoms with Crippen molar-refractivity contribution < 1.29 is 13.2 Å². The van der Waals surface area contributed by atoms with E-state index in [2.05, 4.69) is 5.73 Å². The second-order valence-corrected chi connectivity index (χ2v) is 1.59. The van der Waals surface area contributed by atoms with E-state index in [-0.39, 0.29) is 0 Å². The summed E-state index contributed by atoms with van der Waals surface area (Å²) in [6, 6.07) is -1.88. The van der Waals surface area contributed by atoms with E-state index in [1.807, 2.05) is 0 Å². The first-order chi connectivity index (χ1) is 3.98. The normalized spacial score (nSPS) is 15.1. The predicted molar refractivity (Wildman–Crippen MR) is 27.4 cm³/mol. The molecule has 5 heteroatoms. The molecule has 0 amide bonds. The molecule has 2 nitrogen and oxygen atoms in total. The second kappa shape index (κ2) is 2.82. The van der Waals surface area contributed by atoms with Crippen LogP contribution < -0.4 is 5.73 Å². The summed E-state index contributed by atoms with van der Waals surface area (Å²) in [6.07, 6.45) is -4.15. The highest BCUT2D eigenvalue weighted by atomic mass is 19.4. The zero-order valence-corrected chi connectivity index (χ0v) is 4.57. The topological polar surface area (TPSA) is 49.9 Å². The lowest BCUT2D eigenvalue weighted by Crippen LogP contribution is -2.37. The first-order valence-electron chi connectivity index (χ1n) is 2.29. The molecule has 0 bridgehead atoms. The number of rotatable bonds is 2. The highest BCUT2D eigenvalue weighted by molar-refractivity contribution is 5.53. The monoisotopic (exact) mass is 140 g/mol. The van der Waals surface area contributed by atoms with Crippen LogP contribution in [0.3, 0.4) is 0 Å². The van der Waals surface area contributed by atoms with Gasteiger partial charge in [-0.2, -0.15) is 13.2 Å². The van der Waals surface area contributed by atoms with E-state index in [9.17, 15) is 13.2 Å². The molecule has 1 unspecified atom stereocenters. The van der Waals surface area contributed by atoms with Crippen LogP contribution in [0.2, 0.25) is 0 Å². The van der Waals surface area contributed by atoms with E-state index in [1.54, 1.807) is 0 Å². The maximum Gasteiger partial charge on any atom is 0.403 e. The van der Waals surface area contributed by atoms with Gasteiger partial charge in [0, 0.05) is 6.42 Å². The SMILES string of the molecule is N=CCC(N)C(F)(F)F. The van der Waals surface area contributed by atoms with E-state index in [1.165, 1.54) is 0 Å². The van der Waals surface area contributed by atoms with Crippen molar-refractivity contribution >= 4 is 6.21 Å². The summed E-state index contributed by atoms with van der Waals surface area (Å²) in [5, 5.41) is 6.31. The van der Waals surface area contributed by atoms with Gasteiger partial charge in [0.05, 0.1) is 0 Å². The fourth-order valence-electron chi connectivity index (χ4n) is 0.261. The summed E-state index contributed by atoms with van der Waals surface area (Å²) in [5.74, 6) is 0. The first kappa shape index (κ1) is 8.42. The van der Waals surface area contributed by atoms with Gasteiger partial charge in [0.25, 0.3) is 0 Å². The van der Waals surface area contributed by atoms with Crippen LogP contribution in [0.15, 0.2) is 0 Å². The molecule has 0 aromatic heterocycles. The average Bonchev–Trinajstić information content (AvgIpc) is 1.64. The van der Waals surface area contributed by atoms with Gasteiger partial charge in [-0.15, -0.1) is 0 Å². The van der Waals surface area contributed by atoms with Crippen molar-refractivity contribution in [2.45, 2.75) is 18.6 Å². The lowest BCUT2D eigenvalue weighted by molar-refractivity contribution is -0.145. The standard InChI is InChI=1S/C4H7F3N2/c5-4(6,7)3(9)1-2-8/h2-3,8H,1,9H2. The highest BCUT2D eigenvalue weighted by Crippen LogP contribution is 2.19. The van der Waals surface area contributed by atoms with Gasteiger partial charge >= 0.3 is 6.18 Å². The molecule has 0 spiro atoms. The summed E-state index contributed by atoms with van der Waals surface area (Å²) < 4.78 is 34.2. The Balaban J connectivity index is 3.72. The van der Waals surface area contributed by atoms with E-state index < -0.39 is 18.6 Å². The Morgan fingerprint density at radius 2 is 2.00 bits per heavy atom. The van der Waals surface area contributed by atoms with Crippen LogP contribution in [0.5, 0.6) is 0 Å². The Bertz CT molecular complexity index is 98.5. The Kier molecular flexibility index (Phi) is 2.64. The minimum absolute atomic E-state index is 0.441. The third kappa shape index (κ3) is 3.07. The number of nitrogens with two attached hydrogens (primary N) is 1. The Hall–Kier alpha value is -0.580. The third-order valence-corrected chi connectivity index (χ3v) is 0.792. The molecule has 0 aliphatic carbocycles. The molecule has 0 rings (SSSR count). The van der Waals surface area contributed by atoms with Crippen molar-refractivity contribution in [2.24, 2.45) is 5.73 Å². The van der Waals surface area contributed by atoms with Crippen molar-refractivity contribution in [3.63, 3.8) is 0 Å². The maximum atomic E-state index is 11.4. The molecule has 54 valence electrons. The molecule has 0 saturated carbocycles. The average molecular weight is 140 g/mol. The van der Waals surface area contributed by atoms with E-state index in [0.717, 1.165) is 0 Å². The molecule has 0 aliphatic heterocycles. The molecule has 0 heterocycles. The summed E-state index contributed by atoms with van der Waals surface area (Å²) in [4.78, 5) is 0. The lowest BCUT2D eigenvalue weighted by Gasteiger charge is -2.11. The van der Waals surface area contributed by atoms with E-state index >= 15 is 0 Å². The molecule has 0 aliphatic rings. The van der Waals surface area contributed by atoms with Crippen molar-refractivity contribution in [3.05, 3.63) is 0 Å². The molecule has 9 heavy (non-hydrogen) atoms. The highest BCUT2D eigenvalue weighted by Gasteiger charge is 2.35. The summed E-state index contributed by atoms with van der Waals surface area (Å²) in [6.45, 7) is 0. The molecular formula is C4H7F3N2. The Labute approximate surface area is 50.4 Å². The Morgan fingerprint density at radius 3 is 2.11 bits per heavy atom. The fraction of sp³-hybridized carbons (Fsp3) is 0.750. The maximum absolute atomic E-state index is 11.4. The minimum atomic E-state index is -4.36. The number of alkyl halides is 3. The van der Waals surface area contributed by atoms with Crippen LogP contribution >= 0.6 is 0 Å². The minimum Gasteiger partial charge on any atom is -0.320 e. The van der Waals surface area contributed by atoms with Crippen LogP contribution in [-0.2, 0) is 0 Å². The third-order valence-electron chi connectivity index (χ3n) is 0.792. The number of hydrogen-bond donors (Lipinski definition) is 2. The molecule has 0 fully saturated rings. The van der Waals surface area contributed by atoms with Gasteiger partial charge in [-0.3, -0.25) is 0 Å². The Morgan fingerprint density at radius 1 is 1.56 bits per heavy atom.